The van der Waals surface area contributed by atoms with Gasteiger partial charge in [-0.1, -0.05) is 57.2 Å². The molecule has 1 rings (SSSR count). The molecular weight excluding hydrogens is 222 g/mol. The average Bonchev–Trinajstić information content (AvgIpc) is 2.40. The Balaban J connectivity index is 2.77. The molecule has 2 nitrogen and oxygen atoms in total. The van der Waals surface area contributed by atoms with Gasteiger partial charge in [-0.05, 0) is 23.6 Å². The van der Waals surface area contributed by atoms with Crippen molar-refractivity contribution in [3.8, 4) is 0 Å². The van der Waals surface area contributed by atoms with Gasteiger partial charge in [0.2, 0.25) is 5.91 Å². The fourth-order valence-corrected chi connectivity index (χ4v) is 2.25. The second kappa shape index (κ2) is 7.00. The fraction of sp³-hybridized carbons (Fsp3) is 0.438. The molecule has 98 valence electrons. The molecule has 1 amide bonds. The van der Waals surface area contributed by atoms with Crippen molar-refractivity contribution in [3.05, 3.63) is 48.7 Å². The molecule has 0 aliphatic carbocycles. The zero-order valence-electron chi connectivity index (χ0n) is 11.6. The van der Waals surface area contributed by atoms with Gasteiger partial charge < -0.3 is 4.90 Å². The van der Waals surface area contributed by atoms with Crippen LogP contribution in [0.1, 0.15) is 38.7 Å². The van der Waals surface area contributed by atoms with Crippen LogP contribution in [0.25, 0.3) is 0 Å². The molecule has 0 fully saturated rings. The quantitative estimate of drug-likeness (QED) is 0.746. The van der Waals surface area contributed by atoms with E-state index in [0.29, 0.717) is 11.8 Å². The van der Waals surface area contributed by atoms with Gasteiger partial charge in [0.25, 0.3) is 0 Å². The SMILES string of the molecule is C=CN(CC(CC)C(C)c1ccccc1)C(C)=O. The zero-order chi connectivity index (χ0) is 13.5. The number of carbonyl (C=O) groups is 1. The van der Waals surface area contributed by atoms with Crippen molar-refractivity contribution in [2.75, 3.05) is 6.54 Å². The van der Waals surface area contributed by atoms with Crippen molar-refractivity contribution < 1.29 is 4.79 Å². The van der Waals surface area contributed by atoms with E-state index < -0.39 is 0 Å². The Labute approximate surface area is 110 Å². The molecule has 1 aromatic carbocycles. The number of amides is 1. The van der Waals surface area contributed by atoms with Gasteiger partial charge in [0.05, 0.1) is 0 Å². The summed E-state index contributed by atoms with van der Waals surface area (Å²) in [6.07, 6.45) is 2.68. The minimum Gasteiger partial charge on any atom is -0.320 e. The topological polar surface area (TPSA) is 20.3 Å². The maximum Gasteiger partial charge on any atom is 0.223 e. The zero-order valence-corrected chi connectivity index (χ0v) is 11.6. The van der Waals surface area contributed by atoms with Gasteiger partial charge in [-0.25, -0.2) is 0 Å². The van der Waals surface area contributed by atoms with E-state index in [9.17, 15) is 4.79 Å². The van der Waals surface area contributed by atoms with Crippen molar-refractivity contribution in [3.63, 3.8) is 0 Å². The van der Waals surface area contributed by atoms with Crippen molar-refractivity contribution in [1.29, 1.82) is 0 Å². The fourth-order valence-electron chi connectivity index (χ4n) is 2.25. The van der Waals surface area contributed by atoms with Gasteiger partial charge in [-0.3, -0.25) is 4.79 Å². The first kappa shape index (κ1) is 14.5. The molecule has 0 radical (unpaired) electrons. The second-order valence-electron chi connectivity index (χ2n) is 4.72. The van der Waals surface area contributed by atoms with Gasteiger partial charge in [0.1, 0.15) is 0 Å². The minimum atomic E-state index is 0.0590. The van der Waals surface area contributed by atoms with E-state index in [0.717, 1.165) is 13.0 Å². The number of nitrogens with zero attached hydrogens (tertiary/aromatic N) is 1. The largest absolute Gasteiger partial charge is 0.320 e. The van der Waals surface area contributed by atoms with E-state index in [-0.39, 0.29) is 5.91 Å². The number of benzene rings is 1. The normalized spacial score (nSPS) is 13.7. The van der Waals surface area contributed by atoms with Gasteiger partial charge in [0, 0.05) is 13.5 Å². The van der Waals surface area contributed by atoms with E-state index in [4.69, 9.17) is 0 Å². The van der Waals surface area contributed by atoms with E-state index in [1.54, 1.807) is 18.0 Å². The number of rotatable bonds is 6. The molecule has 0 aliphatic rings. The molecule has 0 aliphatic heterocycles. The lowest BCUT2D eigenvalue weighted by Gasteiger charge is -2.28. The Kier molecular flexibility index (Phi) is 5.63. The lowest BCUT2D eigenvalue weighted by molar-refractivity contribution is -0.126. The highest BCUT2D eigenvalue weighted by atomic mass is 16.2. The van der Waals surface area contributed by atoms with E-state index in [2.05, 4.69) is 44.7 Å². The highest BCUT2D eigenvalue weighted by molar-refractivity contribution is 5.74. The first-order chi connectivity index (χ1) is 8.60. The maximum atomic E-state index is 11.4. The van der Waals surface area contributed by atoms with Gasteiger partial charge in [0.15, 0.2) is 0 Å². The summed E-state index contributed by atoms with van der Waals surface area (Å²) in [5.74, 6) is 0.955. The summed E-state index contributed by atoms with van der Waals surface area (Å²) >= 11 is 0. The van der Waals surface area contributed by atoms with Crippen LogP contribution in [0.4, 0.5) is 0 Å². The van der Waals surface area contributed by atoms with Crippen LogP contribution >= 0.6 is 0 Å². The molecule has 0 aromatic heterocycles. The molecule has 0 saturated heterocycles. The summed E-state index contributed by atoms with van der Waals surface area (Å²) in [6.45, 7) is 10.4. The summed E-state index contributed by atoms with van der Waals surface area (Å²) in [4.78, 5) is 13.1. The third-order valence-electron chi connectivity index (χ3n) is 3.61. The minimum absolute atomic E-state index is 0.0590. The third kappa shape index (κ3) is 3.73. The molecule has 2 atom stereocenters. The Bertz CT molecular complexity index is 385. The first-order valence-electron chi connectivity index (χ1n) is 6.54. The van der Waals surface area contributed by atoms with Crippen LogP contribution < -0.4 is 0 Å². The predicted octanol–water partition coefficient (Wildman–Crippen LogP) is 3.81. The highest BCUT2D eigenvalue weighted by Crippen LogP contribution is 2.27. The van der Waals surface area contributed by atoms with Crippen LogP contribution in [0.5, 0.6) is 0 Å². The number of hydrogen-bond donors (Lipinski definition) is 0. The molecule has 18 heavy (non-hydrogen) atoms. The van der Waals surface area contributed by atoms with Crippen molar-refractivity contribution in [2.45, 2.75) is 33.1 Å². The highest BCUT2D eigenvalue weighted by Gasteiger charge is 2.20. The Hall–Kier alpha value is -1.57. The Morgan fingerprint density at radius 1 is 1.39 bits per heavy atom. The lowest BCUT2D eigenvalue weighted by atomic mass is 9.85. The molecule has 2 heteroatoms. The van der Waals surface area contributed by atoms with Crippen LogP contribution in [0.3, 0.4) is 0 Å². The van der Waals surface area contributed by atoms with Crippen LogP contribution in [-0.2, 0) is 4.79 Å². The Morgan fingerprint density at radius 2 is 2.00 bits per heavy atom. The number of hydrogen-bond acceptors (Lipinski definition) is 1. The molecule has 1 aromatic rings. The molecule has 0 saturated carbocycles. The molecular formula is C16H23NO. The van der Waals surface area contributed by atoms with Crippen LogP contribution in [0.15, 0.2) is 43.1 Å². The maximum absolute atomic E-state index is 11.4. The van der Waals surface area contributed by atoms with Gasteiger partial charge in [-0.2, -0.15) is 0 Å². The lowest BCUT2D eigenvalue weighted by Crippen LogP contribution is -2.30. The van der Waals surface area contributed by atoms with E-state index >= 15 is 0 Å². The molecule has 0 spiro atoms. The molecule has 0 N–H and O–H groups in total. The summed E-state index contributed by atoms with van der Waals surface area (Å²) in [6, 6.07) is 10.5. The van der Waals surface area contributed by atoms with Crippen molar-refractivity contribution >= 4 is 5.91 Å². The summed E-state index contributed by atoms with van der Waals surface area (Å²) in [5.41, 5.74) is 1.33. The van der Waals surface area contributed by atoms with Gasteiger partial charge >= 0.3 is 0 Å². The van der Waals surface area contributed by atoms with Gasteiger partial charge in [-0.15, -0.1) is 0 Å². The Morgan fingerprint density at radius 3 is 2.44 bits per heavy atom. The molecule has 0 heterocycles. The van der Waals surface area contributed by atoms with Crippen LogP contribution in [0, 0.1) is 5.92 Å². The summed E-state index contributed by atoms with van der Waals surface area (Å²) in [7, 11) is 0. The standard InChI is InChI=1S/C16H23NO/c1-5-15(12-17(6-2)14(4)18)13(3)16-10-8-7-9-11-16/h6-11,13,15H,2,5,12H2,1,3-4H3. The van der Waals surface area contributed by atoms with E-state index in [1.165, 1.54) is 5.56 Å². The smallest absolute Gasteiger partial charge is 0.223 e. The van der Waals surface area contributed by atoms with Crippen molar-refractivity contribution in [1.82, 2.24) is 4.90 Å². The summed E-state index contributed by atoms with van der Waals surface area (Å²) < 4.78 is 0. The van der Waals surface area contributed by atoms with Crippen LogP contribution in [-0.4, -0.2) is 17.4 Å². The first-order valence-corrected chi connectivity index (χ1v) is 6.54. The predicted molar refractivity (Wildman–Crippen MR) is 76.2 cm³/mol. The average molecular weight is 245 g/mol. The monoisotopic (exact) mass is 245 g/mol. The molecule has 2 unspecified atom stereocenters. The van der Waals surface area contributed by atoms with Crippen LogP contribution in [0.2, 0.25) is 0 Å². The second-order valence-corrected chi connectivity index (χ2v) is 4.72. The summed E-state index contributed by atoms with van der Waals surface area (Å²) in [5, 5.41) is 0. The van der Waals surface area contributed by atoms with Crippen molar-refractivity contribution in [2.24, 2.45) is 5.92 Å². The number of carbonyl (C=O) groups excluding carboxylic acids is 1. The van der Waals surface area contributed by atoms with E-state index in [1.807, 2.05) is 6.07 Å². The third-order valence-corrected chi connectivity index (χ3v) is 3.61. The molecule has 0 bridgehead atoms.